The van der Waals surface area contributed by atoms with Gasteiger partial charge < -0.3 is 19.7 Å². The van der Waals surface area contributed by atoms with Crippen molar-refractivity contribution in [3.8, 4) is 5.75 Å². The molecule has 0 bridgehead atoms. The molecule has 0 unspecified atom stereocenters. The first-order valence-electron chi connectivity index (χ1n) is 8.02. The van der Waals surface area contributed by atoms with Crippen LogP contribution in [0.4, 0.5) is 5.69 Å². The lowest BCUT2D eigenvalue weighted by Crippen LogP contribution is -2.03. The average Bonchev–Trinajstić information content (AvgIpc) is 3.11. The minimum Gasteiger partial charge on any atom is -0.497 e. The predicted molar refractivity (Wildman–Crippen MR) is 99.4 cm³/mol. The highest BCUT2D eigenvalue weighted by molar-refractivity contribution is 6.35. The second-order valence-corrected chi connectivity index (χ2v) is 6.16. The molecule has 2 N–H and O–H groups in total. The van der Waals surface area contributed by atoms with Crippen molar-refractivity contribution in [1.82, 2.24) is 4.57 Å². The van der Waals surface area contributed by atoms with Gasteiger partial charge in [0.15, 0.2) is 0 Å². The molecule has 1 amide bonds. The van der Waals surface area contributed by atoms with E-state index in [0.29, 0.717) is 16.8 Å². The van der Waals surface area contributed by atoms with E-state index in [1.165, 1.54) is 12.1 Å². The molecule has 3 aromatic rings. The third-order valence-electron chi connectivity index (χ3n) is 4.58. The summed E-state index contributed by atoms with van der Waals surface area (Å²) in [7, 11) is 3.54. The van der Waals surface area contributed by atoms with Gasteiger partial charge >= 0.3 is 5.97 Å². The molecule has 0 saturated heterocycles. The highest BCUT2D eigenvalue weighted by atomic mass is 16.5. The first-order chi connectivity index (χ1) is 12.5. The van der Waals surface area contributed by atoms with E-state index < -0.39 is 5.97 Å². The molecule has 0 saturated carbocycles. The maximum absolute atomic E-state index is 12.4. The number of fused-ring (bicyclic) bond motifs is 2. The topological polar surface area (TPSA) is 80.6 Å². The molecule has 1 aliphatic heterocycles. The molecule has 2 aromatic carbocycles. The zero-order chi connectivity index (χ0) is 18.4. The Morgan fingerprint density at radius 1 is 1.23 bits per heavy atom. The lowest BCUT2D eigenvalue weighted by molar-refractivity contribution is -0.110. The van der Waals surface area contributed by atoms with Crippen LogP contribution in [0.15, 0.2) is 42.6 Å². The van der Waals surface area contributed by atoms with Crippen LogP contribution in [-0.4, -0.2) is 28.7 Å². The Balaban J connectivity index is 1.90. The first-order valence-corrected chi connectivity index (χ1v) is 8.02. The molecule has 0 aliphatic carbocycles. The van der Waals surface area contributed by atoms with Crippen molar-refractivity contribution in [1.29, 1.82) is 0 Å². The number of ether oxygens (including phenoxy) is 1. The molecule has 2 heterocycles. The van der Waals surface area contributed by atoms with Crippen LogP contribution >= 0.6 is 0 Å². The fourth-order valence-electron chi connectivity index (χ4n) is 3.26. The standard InChI is InChI=1S/C20H16N2O4/c1-22-10-12(14-9-13(26-2)4-6-18(14)22)8-16-15-7-11(20(24)25)3-5-17(15)21-19(16)23/h3-10H,1-2H3,(H,21,23)(H,24,25)/b16-8-. The van der Waals surface area contributed by atoms with Gasteiger partial charge in [-0.25, -0.2) is 4.79 Å². The third kappa shape index (κ3) is 2.43. The number of hydrogen-bond acceptors (Lipinski definition) is 3. The van der Waals surface area contributed by atoms with E-state index in [0.717, 1.165) is 22.2 Å². The van der Waals surface area contributed by atoms with Gasteiger partial charge in [0.1, 0.15) is 5.75 Å². The van der Waals surface area contributed by atoms with Gasteiger partial charge in [-0.2, -0.15) is 0 Å². The lowest BCUT2D eigenvalue weighted by Gasteiger charge is -2.02. The van der Waals surface area contributed by atoms with E-state index in [4.69, 9.17) is 4.74 Å². The largest absolute Gasteiger partial charge is 0.497 e. The van der Waals surface area contributed by atoms with Crippen molar-refractivity contribution < 1.29 is 19.4 Å². The zero-order valence-electron chi connectivity index (χ0n) is 14.2. The van der Waals surface area contributed by atoms with Crippen LogP contribution in [-0.2, 0) is 11.8 Å². The number of carboxylic acid groups (broad SMARTS) is 1. The van der Waals surface area contributed by atoms with Crippen molar-refractivity contribution >= 4 is 40.1 Å². The van der Waals surface area contributed by atoms with Crippen molar-refractivity contribution in [2.45, 2.75) is 0 Å². The van der Waals surface area contributed by atoms with Crippen molar-refractivity contribution in [2.75, 3.05) is 12.4 Å². The highest BCUT2D eigenvalue weighted by Crippen LogP contribution is 2.35. The molecule has 0 radical (unpaired) electrons. The summed E-state index contributed by atoms with van der Waals surface area (Å²) in [6.45, 7) is 0. The number of rotatable bonds is 3. The van der Waals surface area contributed by atoms with Gasteiger partial charge in [0.2, 0.25) is 0 Å². The van der Waals surface area contributed by atoms with Crippen LogP contribution in [0.2, 0.25) is 0 Å². The number of amides is 1. The Labute approximate surface area is 149 Å². The minimum atomic E-state index is -1.03. The van der Waals surface area contributed by atoms with Crippen LogP contribution < -0.4 is 10.1 Å². The number of nitrogens with one attached hydrogen (secondary N) is 1. The van der Waals surface area contributed by atoms with Gasteiger partial charge in [0.25, 0.3) is 5.91 Å². The molecule has 0 spiro atoms. The number of methoxy groups -OCH3 is 1. The lowest BCUT2D eigenvalue weighted by atomic mass is 10.0. The van der Waals surface area contributed by atoms with Gasteiger partial charge in [-0.15, -0.1) is 0 Å². The minimum absolute atomic E-state index is 0.144. The number of carbonyl (C=O) groups excluding carboxylic acids is 1. The summed E-state index contributed by atoms with van der Waals surface area (Å²) in [6, 6.07) is 10.4. The summed E-state index contributed by atoms with van der Waals surface area (Å²) < 4.78 is 7.28. The number of benzene rings is 2. The normalized spacial score (nSPS) is 14.5. The summed E-state index contributed by atoms with van der Waals surface area (Å²) in [5, 5.41) is 13.0. The Morgan fingerprint density at radius 3 is 2.77 bits per heavy atom. The summed E-state index contributed by atoms with van der Waals surface area (Å²) in [5.74, 6) is -0.545. The molecule has 26 heavy (non-hydrogen) atoms. The van der Waals surface area contributed by atoms with Crippen LogP contribution in [0.5, 0.6) is 5.75 Å². The molecule has 1 aliphatic rings. The van der Waals surface area contributed by atoms with E-state index in [-0.39, 0.29) is 11.5 Å². The number of aromatic nitrogens is 1. The molecule has 130 valence electrons. The van der Waals surface area contributed by atoms with Crippen molar-refractivity contribution in [3.05, 3.63) is 59.3 Å². The summed E-state index contributed by atoms with van der Waals surface area (Å²) in [4.78, 5) is 23.7. The maximum Gasteiger partial charge on any atom is 0.335 e. The van der Waals surface area contributed by atoms with Gasteiger partial charge in [-0.1, -0.05) is 0 Å². The molecule has 6 nitrogen and oxygen atoms in total. The van der Waals surface area contributed by atoms with Gasteiger partial charge in [-0.3, -0.25) is 4.79 Å². The van der Waals surface area contributed by atoms with Gasteiger partial charge in [-0.05, 0) is 42.5 Å². The summed E-state index contributed by atoms with van der Waals surface area (Å²) >= 11 is 0. The third-order valence-corrected chi connectivity index (χ3v) is 4.58. The maximum atomic E-state index is 12.4. The van der Waals surface area contributed by atoms with Crippen molar-refractivity contribution in [3.63, 3.8) is 0 Å². The molecule has 0 atom stereocenters. The number of aryl methyl sites for hydroxylation is 1. The molecular weight excluding hydrogens is 332 g/mol. The number of hydrogen-bond donors (Lipinski definition) is 2. The average molecular weight is 348 g/mol. The van der Waals surface area contributed by atoms with Crippen LogP contribution in [0.25, 0.3) is 22.6 Å². The number of nitrogens with zero attached hydrogens (tertiary/aromatic N) is 1. The Bertz CT molecular complexity index is 1110. The quantitative estimate of drug-likeness (QED) is 0.711. The SMILES string of the molecule is COc1ccc2c(c1)c(/C=C1\C(=O)Nc3ccc(C(=O)O)cc31)cn2C. The molecule has 1 aromatic heterocycles. The van der Waals surface area contributed by atoms with E-state index in [9.17, 15) is 14.7 Å². The molecular formula is C20H16N2O4. The second-order valence-electron chi connectivity index (χ2n) is 6.16. The zero-order valence-corrected chi connectivity index (χ0v) is 14.2. The number of carboxylic acids is 1. The van der Waals surface area contributed by atoms with E-state index in [2.05, 4.69) is 5.32 Å². The smallest absolute Gasteiger partial charge is 0.335 e. The first kappa shape index (κ1) is 16.0. The van der Waals surface area contributed by atoms with E-state index in [1.54, 1.807) is 19.3 Å². The Kier molecular flexibility index (Phi) is 3.54. The van der Waals surface area contributed by atoms with Crippen LogP contribution in [0.3, 0.4) is 0 Å². The molecule has 6 heteroatoms. The Hall–Kier alpha value is -3.54. The van der Waals surface area contributed by atoms with Gasteiger partial charge in [0, 0.05) is 46.5 Å². The Morgan fingerprint density at radius 2 is 2.04 bits per heavy atom. The highest BCUT2D eigenvalue weighted by Gasteiger charge is 2.25. The molecule has 4 rings (SSSR count). The molecule has 0 fully saturated rings. The van der Waals surface area contributed by atoms with Gasteiger partial charge in [0.05, 0.1) is 12.7 Å². The fraction of sp³-hybridized carbons (Fsp3) is 0.100. The van der Waals surface area contributed by atoms with Crippen molar-refractivity contribution in [2.24, 2.45) is 7.05 Å². The summed E-state index contributed by atoms with van der Waals surface area (Å²) in [5.41, 5.74) is 3.67. The van der Waals surface area contributed by atoms with E-state index in [1.807, 2.05) is 36.0 Å². The predicted octanol–water partition coefficient (Wildman–Crippen LogP) is 3.38. The second kappa shape index (κ2) is 5.77. The fourth-order valence-corrected chi connectivity index (χ4v) is 3.26. The number of anilines is 1. The van der Waals surface area contributed by atoms with Crippen LogP contribution in [0, 0.1) is 0 Å². The monoisotopic (exact) mass is 348 g/mol. The number of carbonyl (C=O) groups is 2. The number of aromatic carboxylic acids is 1. The van der Waals surface area contributed by atoms with Crippen LogP contribution in [0.1, 0.15) is 21.5 Å². The van der Waals surface area contributed by atoms with E-state index >= 15 is 0 Å². The summed E-state index contributed by atoms with van der Waals surface area (Å²) in [6.07, 6.45) is 3.72.